The molecule has 2 aromatic rings. The van der Waals surface area contributed by atoms with Gasteiger partial charge in [-0.2, -0.15) is 0 Å². The molecule has 6 heteroatoms. The summed E-state index contributed by atoms with van der Waals surface area (Å²) in [5, 5.41) is 11.7. The number of hydrogen-bond donors (Lipinski definition) is 2. The van der Waals surface area contributed by atoms with Crippen molar-refractivity contribution in [1.29, 1.82) is 0 Å². The number of rotatable bonds is 3. The Hall–Kier alpha value is -2.76. The van der Waals surface area contributed by atoms with Crippen molar-refractivity contribution in [2.45, 2.75) is 13.8 Å². The number of amides is 1. The zero-order valence-electron chi connectivity index (χ0n) is 11.0. The number of carboxylic acid groups (broad SMARTS) is 1. The van der Waals surface area contributed by atoms with Crippen LogP contribution in [-0.4, -0.2) is 27.0 Å². The zero-order valence-corrected chi connectivity index (χ0v) is 11.0. The van der Waals surface area contributed by atoms with Crippen LogP contribution in [0.2, 0.25) is 0 Å². The minimum absolute atomic E-state index is 0.0703. The van der Waals surface area contributed by atoms with Gasteiger partial charge >= 0.3 is 5.97 Å². The molecule has 0 radical (unpaired) electrons. The van der Waals surface area contributed by atoms with Gasteiger partial charge in [0.15, 0.2) is 0 Å². The monoisotopic (exact) mass is 271 g/mol. The molecule has 6 nitrogen and oxygen atoms in total. The molecular weight excluding hydrogens is 258 g/mol. The Labute approximate surface area is 115 Å². The predicted molar refractivity (Wildman–Crippen MR) is 72.9 cm³/mol. The summed E-state index contributed by atoms with van der Waals surface area (Å²) in [4.78, 5) is 31.2. The van der Waals surface area contributed by atoms with E-state index in [1.54, 1.807) is 26.0 Å². The SMILES string of the molecule is Cc1cnc(C(=O)Nc2cccc(C)c2C(=O)O)cn1. The van der Waals surface area contributed by atoms with Gasteiger partial charge in [-0.25, -0.2) is 9.78 Å². The molecule has 1 heterocycles. The third kappa shape index (κ3) is 2.80. The molecule has 0 aliphatic carbocycles. The van der Waals surface area contributed by atoms with Crippen LogP contribution in [0.3, 0.4) is 0 Å². The van der Waals surface area contributed by atoms with Crippen LogP contribution in [0.5, 0.6) is 0 Å². The molecule has 0 spiro atoms. The number of carboxylic acids is 1. The van der Waals surface area contributed by atoms with Crippen molar-refractivity contribution in [3.05, 3.63) is 53.1 Å². The molecule has 2 rings (SSSR count). The summed E-state index contributed by atoms with van der Waals surface area (Å²) in [6.07, 6.45) is 2.82. The molecule has 0 bridgehead atoms. The van der Waals surface area contributed by atoms with E-state index in [2.05, 4.69) is 15.3 Å². The standard InChI is InChI=1S/C14H13N3O3/c1-8-4-3-5-10(12(8)14(19)20)17-13(18)11-7-15-9(2)6-16-11/h3-7H,1-2H3,(H,17,18)(H,19,20). The average molecular weight is 271 g/mol. The van der Waals surface area contributed by atoms with Crippen LogP contribution in [-0.2, 0) is 0 Å². The summed E-state index contributed by atoms with van der Waals surface area (Å²) in [7, 11) is 0. The van der Waals surface area contributed by atoms with Gasteiger partial charge in [0, 0.05) is 6.20 Å². The lowest BCUT2D eigenvalue weighted by atomic mass is 10.1. The minimum atomic E-state index is -1.09. The number of carbonyl (C=O) groups is 2. The maximum atomic E-state index is 12.0. The number of carbonyl (C=O) groups excluding carboxylic acids is 1. The second-order valence-electron chi connectivity index (χ2n) is 4.30. The van der Waals surface area contributed by atoms with Crippen LogP contribution in [0.15, 0.2) is 30.6 Å². The Balaban J connectivity index is 2.30. The van der Waals surface area contributed by atoms with Crippen molar-refractivity contribution in [3.63, 3.8) is 0 Å². The summed E-state index contributed by atoms with van der Waals surface area (Å²) in [6, 6.07) is 4.89. The highest BCUT2D eigenvalue weighted by molar-refractivity contribution is 6.07. The molecule has 20 heavy (non-hydrogen) atoms. The summed E-state index contributed by atoms with van der Waals surface area (Å²) >= 11 is 0. The number of aryl methyl sites for hydroxylation is 2. The van der Waals surface area contributed by atoms with E-state index in [0.29, 0.717) is 11.3 Å². The first-order valence-electron chi connectivity index (χ1n) is 5.92. The number of aromatic carboxylic acids is 1. The lowest BCUT2D eigenvalue weighted by Crippen LogP contribution is -2.17. The second-order valence-corrected chi connectivity index (χ2v) is 4.30. The third-order valence-electron chi connectivity index (χ3n) is 2.75. The maximum absolute atomic E-state index is 12.0. The van der Waals surface area contributed by atoms with Crippen LogP contribution >= 0.6 is 0 Å². The van der Waals surface area contributed by atoms with Gasteiger partial charge in [-0.1, -0.05) is 12.1 Å². The normalized spacial score (nSPS) is 10.1. The molecule has 1 aromatic heterocycles. The van der Waals surface area contributed by atoms with Crippen molar-refractivity contribution in [2.24, 2.45) is 0 Å². The molecule has 0 aliphatic heterocycles. The highest BCUT2D eigenvalue weighted by Gasteiger charge is 2.16. The molecule has 0 unspecified atom stereocenters. The Kier molecular flexibility index (Phi) is 3.74. The Morgan fingerprint density at radius 3 is 2.50 bits per heavy atom. The molecule has 0 fully saturated rings. The first-order valence-corrected chi connectivity index (χ1v) is 5.92. The van der Waals surface area contributed by atoms with Crippen molar-refractivity contribution in [3.8, 4) is 0 Å². The fourth-order valence-electron chi connectivity index (χ4n) is 1.75. The van der Waals surface area contributed by atoms with Crippen molar-refractivity contribution >= 4 is 17.6 Å². The summed E-state index contributed by atoms with van der Waals surface area (Å²) in [5.74, 6) is -1.58. The summed E-state index contributed by atoms with van der Waals surface area (Å²) in [5.41, 5.74) is 1.72. The third-order valence-corrected chi connectivity index (χ3v) is 2.75. The van der Waals surface area contributed by atoms with Gasteiger partial charge in [0.05, 0.1) is 23.1 Å². The Bertz CT molecular complexity index is 666. The van der Waals surface area contributed by atoms with E-state index in [9.17, 15) is 14.7 Å². The van der Waals surface area contributed by atoms with Gasteiger partial charge in [-0.3, -0.25) is 9.78 Å². The largest absolute Gasteiger partial charge is 0.478 e. The van der Waals surface area contributed by atoms with Crippen molar-refractivity contribution < 1.29 is 14.7 Å². The van der Waals surface area contributed by atoms with Crippen molar-refractivity contribution in [1.82, 2.24) is 9.97 Å². The molecule has 102 valence electrons. The number of aromatic nitrogens is 2. The Morgan fingerprint density at radius 1 is 1.15 bits per heavy atom. The molecule has 1 aromatic carbocycles. The predicted octanol–water partition coefficient (Wildman–Crippen LogP) is 2.04. The van der Waals surface area contributed by atoms with E-state index in [1.165, 1.54) is 18.5 Å². The first kappa shape index (κ1) is 13.7. The first-order chi connectivity index (χ1) is 9.49. The quantitative estimate of drug-likeness (QED) is 0.891. The van der Waals surface area contributed by atoms with E-state index in [-0.39, 0.29) is 16.9 Å². The zero-order chi connectivity index (χ0) is 14.7. The van der Waals surface area contributed by atoms with Crippen LogP contribution in [0.25, 0.3) is 0 Å². The number of benzene rings is 1. The number of anilines is 1. The summed E-state index contributed by atoms with van der Waals surface area (Å²) in [6.45, 7) is 3.43. The average Bonchev–Trinajstić information content (AvgIpc) is 2.39. The fourth-order valence-corrected chi connectivity index (χ4v) is 1.75. The van der Waals surface area contributed by atoms with Crippen LogP contribution < -0.4 is 5.32 Å². The highest BCUT2D eigenvalue weighted by atomic mass is 16.4. The maximum Gasteiger partial charge on any atom is 0.338 e. The van der Waals surface area contributed by atoms with Gasteiger partial charge in [0.1, 0.15) is 5.69 Å². The van der Waals surface area contributed by atoms with Crippen LogP contribution in [0, 0.1) is 13.8 Å². The molecule has 0 saturated heterocycles. The summed E-state index contributed by atoms with van der Waals surface area (Å²) < 4.78 is 0. The second kappa shape index (κ2) is 5.48. The van der Waals surface area contributed by atoms with Gasteiger partial charge < -0.3 is 10.4 Å². The topological polar surface area (TPSA) is 92.2 Å². The minimum Gasteiger partial charge on any atom is -0.478 e. The lowest BCUT2D eigenvalue weighted by Gasteiger charge is -2.10. The van der Waals surface area contributed by atoms with Crippen molar-refractivity contribution in [2.75, 3.05) is 5.32 Å². The van der Waals surface area contributed by atoms with E-state index in [0.717, 1.165) is 0 Å². The van der Waals surface area contributed by atoms with Crippen LogP contribution in [0.4, 0.5) is 5.69 Å². The molecule has 0 atom stereocenters. The molecule has 1 amide bonds. The van der Waals surface area contributed by atoms with E-state index >= 15 is 0 Å². The van der Waals surface area contributed by atoms with Gasteiger partial charge in [-0.15, -0.1) is 0 Å². The highest BCUT2D eigenvalue weighted by Crippen LogP contribution is 2.20. The number of nitrogens with zero attached hydrogens (tertiary/aromatic N) is 2. The number of nitrogens with one attached hydrogen (secondary N) is 1. The van der Waals surface area contributed by atoms with Crippen LogP contribution in [0.1, 0.15) is 32.1 Å². The molecular formula is C14H13N3O3. The van der Waals surface area contributed by atoms with Gasteiger partial charge in [0.2, 0.25) is 0 Å². The number of hydrogen-bond acceptors (Lipinski definition) is 4. The Morgan fingerprint density at radius 2 is 1.90 bits per heavy atom. The van der Waals surface area contributed by atoms with E-state index < -0.39 is 11.9 Å². The van der Waals surface area contributed by atoms with Gasteiger partial charge in [0.25, 0.3) is 5.91 Å². The van der Waals surface area contributed by atoms with Gasteiger partial charge in [-0.05, 0) is 25.5 Å². The molecule has 0 aliphatic rings. The smallest absolute Gasteiger partial charge is 0.338 e. The van der Waals surface area contributed by atoms with E-state index in [1.807, 2.05) is 0 Å². The fraction of sp³-hybridized carbons (Fsp3) is 0.143. The van der Waals surface area contributed by atoms with E-state index in [4.69, 9.17) is 0 Å². The molecule has 0 saturated carbocycles. The molecule has 2 N–H and O–H groups in total. The lowest BCUT2D eigenvalue weighted by molar-refractivity contribution is 0.0697.